The van der Waals surface area contributed by atoms with Crippen molar-refractivity contribution in [2.45, 2.75) is 13.8 Å². The van der Waals surface area contributed by atoms with Gasteiger partial charge in [0.05, 0.1) is 0 Å². The fourth-order valence-corrected chi connectivity index (χ4v) is 1.88. The Morgan fingerprint density at radius 2 is 1.94 bits per heavy atom. The number of rotatable bonds is 2. The molecule has 1 heterocycles. The lowest BCUT2D eigenvalue weighted by atomic mass is 10.1. The predicted molar refractivity (Wildman–Crippen MR) is 72.6 cm³/mol. The third kappa shape index (κ3) is 2.52. The Morgan fingerprint density at radius 1 is 1.28 bits per heavy atom. The van der Waals surface area contributed by atoms with E-state index >= 15 is 0 Å². The maximum atomic E-state index is 8.95. The Labute approximate surface area is 114 Å². The summed E-state index contributed by atoms with van der Waals surface area (Å²) in [4.78, 5) is 3.96. The van der Waals surface area contributed by atoms with Crippen LogP contribution in [0.2, 0.25) is 0 Å². The zero-order chi connectivity index (χ0) is 13.1. The van der Waals surface area contributed by atoms with Crippen LogP contribution in [-0.2, 0) is 0 Å². The molecule has 0 aliphatic carbocycles. The summed E-state index contributed by atoms with van der Waals surface area (Å²) in [5, 5.41) is 8.95. The zero-order valence-electron chi connectivity index (χ0n) is 10.1. The van der Waals surface area contributed by atoms with E-state index < -0.39 is 0 Å². The molecule has 0 radical (unpaired) electrons. The SMILES string of the molecule is Cc1cc(Oc2cccnc2C#N)cc(C)c1Br. The van der Waals surface area contributed by atoms with Crippen molar-refractivity contribution in [1.82, 2.24) is 4.98 Å². The minimum atomic E-state index is 0.288. The summed E-state index contributed by atoms with van der Waals surface area (Å²) in [6.45, 7) is 4.00. The first-order valence-electron chi connectivity index (χ1n) is 5.41. The van der Waals surface area contributed by atoms with Crippen LogP contribution >= 0.6 is 15.9 Å². The molecule has 3 nitrogen and oxygen atoms in total. The van der Waals surface area contributed by atoms with Crippen molar-refractivity contribution in [2.75, 3.05) is 0 Å². The molecule has 2 aromatic rings. The molecule has 90 valence electrons. The summed E-state index contributed by atoms with van der Waals surface area (Å²) < 4.78 is 6.78. The van der Waals surface area contributed by atoms with Crippen molar-refractivity contribution in [3.05, 3.63) is 51.8 Å². The van der Waals surface area contributed by atoms with Gasteiger partial charge in [-0.15, -0.1) is 0 Å². The molecule has 2 rings (SSSR count). The molecule has 0 unspecified atom stereocenters. The van der Waals surface area contributed by atoms with E-state index in [0.29, 0.717) is 11.5 Å². The van der Waals surface area contributed by atoms with Crippen molar-refractivity contribution in [3.63, 3.8) is 0 Å². The first kappa shape index (κ1) is 12.6. The Bertz CT molecular complexity index is 609. The van der Waals surface area contributed by atoms with Gasteiger partial charge in [-0.2, -0.15) is 5.26 Å². The highest BCUT2D eigenvalue weighted by atomic mass is 79.9. The fraction of sp³-hybridized carbons (Fsp3) is 0.143. The average molecular weight is 303 g/mol. The minimum Gasteiger partial charge on any atom is -0.454 e. The van der Waals surface area contributed by atoms with E-state index in [1.165, 1.54) is 0 Å². The monoisotopic (exact) mass is 302 g/mol. The Kier molecular flexibility index (Phi) is 3.63. The molecule has 0 spiro atoms. The second kappa shape index (κ2) is 5.19. The lowest BCUT2D eigenvalue weighted by Gasteiger charge is -2.10. The molecule has 0 saturated heterocycles. The Morgan fingerprint density at radius 3 is 2.56 bits per heavy atom. The molecular weight excluding hydrogens is 292 g/mol. The molecule has 0 atom stereocenters. The Hall–Kier alpha value is -1.86. The minimum absolute atomic E-state index is 0.288. The van der Waals surface area contributed by atoms with Crippen LogP contribution in [-0.4, -0.2) is 4.98 Å². The quantitative estimate of drug-likeness (QED) is 0.838. The highest BCUT2D eigenvalue weighted by Crippen LogP contribution is 2.30. The highest BCUT2D eigenvalue weighted by Gasteiger charge is 2.07. The fourth-order valence-electron chi connectivity index (χ4n) is 1.65. The maximum absolute atomic E-state index is 8.95. The number of pyridine rings is 1. The van der Waals surface area contributed by atoms with Crippen molar-refractivity contribution >= 4 is 15.9 Å². The van der Waals surface area contributed by atoms with Crippen LogP contribution in [0.1, 0.15) is 16.8 Å². The number of benzene rings is 1. The van der Waals surface area contributed by atoms with Gasteiger partial charge in [0, 0.05) is 10.7 Å². The molecule has 0 saturated carbocycles. The van der Waals surface area contributed by atoms with Gasteiger partial charge in [0.1, 0.15) is 11.8 Å². The maximum Gasteiger partial charge on any atom is 0.183 e. The largest absolute Gasteiger partial charge is 0.454 e. The third-order valence-electron chi connectivity index (χ3n) is 2.51. The molecule has 18 heavy (non-hydrogen) atoms. The highest BCUT2D eigenvalue weighted by molar-refractivity contribution is 9.10. The van der Waals surface area contributed by atoms with E-state index in [1.54, 1.807) is 18.3 Å². The molecule has 0 aliphatic rings. The number of halogens is 1. The van der Waals surface area contributed by atoms with Crippen molar-refractivity contribution < 1.29 is 4.74 Å². The topological polar surface area (TPSA) is 45.9 Å². The number of hydrogen-bond acceptors (Lipinski definition) is 3. The molecule has 0 aliphatic heterocycles. The van der Waals surface area contributed by atoms with Crippen LogP contribution in [0.4, 0.5) is 0 Å². The average Bonchev–Trinajstić information content (AvgIpc) is 2.36. The second-order valence-corrected chi connectivity index (χ2v) is 4.73. The summed E-state index contributed by atoms with van der Waals surface area (Å²) in [5.41, 5.74) is 2.47. The second-order valence-electron chi connectivity index (χ2n) is 3.94. The molecule has 0 N–H and O–H groups in total. The van der Waals surface area contributed by atoms with Gasteiger partial charge in [-0.1, -0.05) is 15.9 Å². The van der Waals surface area contributed by atoms with E-state index in [4.69, 9.17) is 10.00 Å². The van der Waals surface area contributed by atoms with Crippen molar-refractivity contribution in [2.24, 2.45) is 0 Å². The third-order valence-corrected chi connectivity index (χ3v) is 3.77. The van der Waals surface area contributed by atoms with E-state index in [9.17, 15) is 0 Å². The Balaban J connectivity index is 2.38. The number of nitrogens with zero attached hydrogens (tertiary/aromatic N) is 2. The predicted octanol–water partition coefficient (Wildman–Crippen LogP) is 4.12. The summed E-state index contributed by atoms with van der Waals surface area (Å²) in [7, 11) is 0. The van der Waals surface area contributed by atoms with Gasteiger partial charge in [-0.3, -0.25) is 0 Å². The van der Waals surface area contributed by atoms with Gasteiger partial charge in [-0.25, -0.2) is 4.98 Å². The first-order valence-corrected chi connectivity index (χ1v) is 6.21. The van der Waals surface area contributed by atoms with Crippen LogP contribution in [0.25, 0.3) is 0 Å². The molecule has 0 amide bonds. The number of ether oxygens (including phenoxy) is 1. The van der Waals surface area contributed by atoms with Gasteiger partial charge in [0.15, 0.2) is 11.4 Å². The molecule has 0 bridgehead atoms. The molecular formula is C14H11BrN2O. The number of aromatic nitrogens is 1. The number of hydrogen-bond donors (Lipinski definition) is 0. The van der Waals surface area contributed by atoms with Gasteiger partial charge in [-0.05, 0) is 49.2 Å². The number of nitriles is 1. The van der Waals surface area contributed by atoms with Crippen LogP contribution in [0.3, 0.4) is 0 Å². The zero-order valence-corrected chi connectivity index (χ0v) is 11.7. The van der Waals surface area contributed by atoms with Gasteiger partial charge >= 0.3 is 0 Å². The normalized spacial score (nSPS) is 9.89. The van der Waals surface area contributed by atoms with Crippen LogP contribution < -0.4 is 4.74 Å². The van der Waals surface area contributed by atoms with Crippen LogP contribution in [0.5, 0.6) is 11.5 Å². The van der Waals surface area contributed by atoms with Crippen molar-refractivity contribution in [1.29, 1.82) is 5.26 Å². The number of aryl methyl sites for hydroxylation is 2. The molecule has 1 aromatic heterocycles. The van der Waals surface area contributed by atoms with Gasteiger partial charge in [0.25, 0.3) is 0 Å². The lowest BCUT2D eigenvalue weighted by Crippen LogP contribution is -1.92. The summed E-state index contributed by atoms with van der Waals surface area (Å²) in [5.74, 6) is 1.18. The molecule has 4 heteroatoms. The van der Waals surface area contributed by atoms with Crippen molar-refractivity contribution in [3.8, 4) is 17.6 Å². The smallest absolute Gasteiger partial charge is 0.183 e. The standard InChI is InChI=1S/C14H11BrN2O/c1-9-6-11(7-10(2)14(9)15)18-13-4-3-5-17-12(13)8-16/h3-7H,1-2H3. The van der Waals surface area contributed by atoms with E-state index in [2.05, 4.69) is 20.9 Å². The van der Waals surface area contributed by atoms with E-state index in [-0.39, 0.29) is 5.69 Å². The van der Waals surface area contributed by atoms with E-state index in [0.717, 1.165) is 15.6 Å². The lowest BCUT2D eigenvalue weighted by molar-refractivity contribution is 0.477. The van der Waals surface area contributed by atoms with E-state index in [1.807, 2.05) is 32.0 Å². The summed E-state index contributed by atoms with van der Waals surface area (Å²) >= 11 is 3.51. The molecule has 1 aromatic carbocycles. The van der Waals surface area contributed by atoms with Crippen LogP contribution in [0, 0.1) is 25.2 Å². The van der Waals surface area contributed by atoms with Gasteiger partial charge in [0.2, 0.25) is 0 Å². The summed E-state index contributed by atoms with van der Waals surface area (Å²) in [6, 6.07) is 9.33. The first-order chi connectivity index (χ1) is 8.61. The summed E-state index contributed by atoms with van der Waals surface area (Å²) in [6.07, 6.45) is 1.57. The van der Waals surface area contributed by atoms with Crippen LogP contribution in [0.15, 0.2) is 34.9 Å². The molecule has 0 fully saturated rings. The van der Waals surface area contributed by atoms with Gasteiger partial charge < -0.3 is 4.74 Å².